The van der Waals surface area contributed by atoms with E-state index in [9.17, 15) is 4.79 Å². The summed E-state index contributed by atoms with van der Waals surface area (Å²) in [6.45, 7) is 7.99. The van der Waals surface area contributed by atoms with Crippen LogP contribution in [0.3, 0.4) is 0 Å². The van der Waals surface area contributed by atoms with Crippen LogP contribution in [0.5, 0.6) is 0 Å². The molecular weight excluding hydrogens is 216 g/mol. The molecule has 0 aromatic rings. The third-order valence-corrected chi connectivity index (χ3v) is 2.61. The fraction of sp³-hybridized carbons (Fsp3) is 0.786. The fourth-order valence-corrected chi connectivity index (χ4v) is 1.63. The minimum Gasteiger partial charge on any atom is -0.435 e. The number of rotatable bonds is 10. The Bertz CT molecular complexity index is 202. The number of ether oxygens (including phenoxy) is 2. The van der Waals surface area contributed by atoms with Crippen LogP contribution in [-0.4, -0.2) is 18.9 Å². The SMILES string of the molecule is C=CC(CCCCCCCC)OC(=O)OCC. The Balaban J connectivity index is 3.54. The van der Waals surface area contributed by atoms with Gasteiger partial charge in [0.25, 0.3) is 0 Å². The number of carbonyl (C=O) groups excluding carboxylic acids is 1. The first-order valence-corrected chi connectivity index (χ1v) is 6.70. The maximum Gasteiger partial charge on any atom is 0.508 e. The summed E-state index contributed by atoms with van der Waals surface area (Å²) < 4.78 is 9.81. The van der Waals surface area contributed by atoms with E-state index in [1.807, 2.05) is 0 Å². The van der Waals surface area contributed by atoms with Crippen LogP contribution in [0, 0.1) is 0 Å². The van der Waals surface area contributed by atoms with E-state index in [-0.39, 0.29) is 6.10 Å². The van der Waals surface area contributed by atoms with E-state index in [1.54, 1.807) is 13.0 Å². The highest BCUT2D eigenvalue weighted by molar-refractivity contribution is 5.60. The Morgan fingerprint density at radius 1 is 1.18 bits per heavy atom. The minimum atomic E-state index is -0.594. The molecule has 1 atom stereocenters. The van der Waals surface area contributed by atoms with Crippen molar-refractivity contribution in [3.63, 3.8) is 0 Å². The zero-order valence-electron chi connectivity index (χ0n) is 11.2. The Morgan fingerprint density at radius 3 is 2.41 bits per heavy atom. The fourth-order valence-electron chi connectivity index (χ4n) is 1.63. The van der Waals surface area contributed by atoms with E-state index in [0.29, 0.717) is 6.61 Å². The van der Waals surface area contributed by atoms with Crippen LogP contribution in [-0.2, 0) is 9.47 Å². The largest absolute Gasteiger partial charge is 0.508 e. The minimum absolute atomic E-state index is 0.208. The molecule has 0 amide bonds. The predicted octanol–water partition coefficient (Wildman–Crippen LogP) is 4.46. The summed E-state index contributed by atoms with van der Waals surface area (Å²) >= 11 is 0. The molecule has 0 saturated carbocycles. The monoisotopic (exact) mass is 242 g/mol. The lowest BCUT2D eigenvalue weighted by atomic mass is 10.1. The van der Waals surface area contributed by atoms with Crippen LogP contribution in [0.1, 0.15) is 58.8 Å². The van der Waals surface area contributed by atoms with E-state index >= 15 is 0 Å². The van der Waals surface area contributed by atoms with Crippen molar-refractivity contribution in [3.05, 3.63) is 12.7 Å². The molecule has 0 aromatic heterocycles. The maximum atomic E-state index is 11.1. The summed E-state index contributed by atoms with van der Waals surface area (Å²) in [5.74, 6) is 0. The molecule has 0 bridgehead atoms. The Morgan fingerprint density at radius 2 is 1.82 bits per heavy atom. The van der Waals surface area contributed by atoms with Crippen molar-refractivity contribution in [2.24, 2.45) is 0 Å². The summed E-state index contributed by atoms with van der Waals surface area (Å²) in [7, 11) is 0. The van der Waals surface area contributed by atoms with Crippen molar-refractivity contribution in [1.29, 1.82) is 0 Å². The van der Waals surface area contributed by atoms with Crippen molar-refractivity contribution >= 4 is 6.16 Å². The van der Waals surface area contributed by atoms with E-state index in [1.165, 1.54) is 32.1 Å². The van der Waals surface area contributed by atoms with Gasteiger partial charge in [-0.1, -0.05) is 51.7 Å². The molecule has 0 spiro atoms. The highest BCUT2D eigenvalue weighted by atomic mass is 16.7. The van der Waals surface area contributed by atoms with Gasteiger partial charge in [-0.05, 0) is 19.8 Å². The number of unbranched alkanes of at least 4 members (excludes halogenated alkanes) is 5. The average molecular weight is 242 g/mol. The van der Waals surface area contributed by atoms with Gasteiger partial charge in [-0.3, -0.25) is 0 Å². The van der Waals surface area contributed by atoms with Gasteiger partial charge in [0, 0.05) is 0 Å². The molecule has 0 N–H and O–H groups in total. The van der Waals surface area contributed by atoms with Crippen LogP contribution in [0.2, 0.25) is 0 Å². The Hall–Kier alpha value is -0.990. The molecular formula is C14H26O3. The third-order valence-electron chi connectivity index (χ3n) is 2.61. The van der Waals surface area contributed by atoms with Gasteiger partial charge < -0.3 is 9.47 Å². The van der Waals surface area contributed by atoms with E-state index in [4.69, 9.17) is 9.47 Å². The molecule has 3 nitrogen and oxygen atoms in total. The lowest BCUT2D eigenvalue weighted by Crippen LogP contribution is -2.16. The maximum absolute atomic E-state index is 11.1. The number of carbonyl (C=O) groups is 1. The normalized spacial score (nSPS) is 11.9. The van der Waals surface area contributed by atoms with Crippen molar-refractivity contribution in [2.75, 3.05) is 6.61 Å². The highest BCUT2D eigenvalue weighted by Crippen LogP contribution is 2.11. The van der Waals surface area contributed by atoms with Crippen molar-refractivity contribution in [3.8, 4) is 0 Å². The average Bonchev–Trinajstić information content (AvgIpc) is 2.32. The second kappa shape index (κ2) is 11.5. The van der Waals surface area contributed by atoms with Gasteiger partial charge >= 0.3 is 6.16 Å². The standard InChI is InChI=1S/C14H26O3/c1-4-7-8-9-10-11-12-13(5-2)17-14(15)16-6-3/h5,13H,2,4,6-12H2,1,3H3. The van der Waals surface area contributed by atoms with Crippen LogP contribution in [0.15, 0.2) is 12.7 Å². The number of hydrogen-bond donors (Lipinski definition) is 0. The molecule has 1 unspecified atom stereocenters. The van der Waals surface area contributed by atoms with Crippen molar-refractivity contribution in [2.45, 2.75) is 64.9 Å². The molecule has 17 heavy (non-hydrogen) atoms. The molecule has 0 fully saturated rings. The first-order chi connectivity index (χ1) is 8.24. The van der Waals surface area contributed by atoms with Crippen LogP contribution in [0.4, 0.5) is 4.79 Å². The molecule has 0 aliphatic rings. The quantitative estimate of drug-likeness (QED) is 0.322. The second-order valence-electron chi connectivity index (χ2n) is 4.13. The molecule has 0 aromatic carbocycles. The first kappa shape index (κ1) is 16.0. The Labute approximate surface area is 105 Å². The molecule has 0 radical (unpaired) electrons. The molecule has 0 aliphatic heterocycles. The topological polar surface area (TPSA) is 35.5 Å². The second-order valence-corrected chi connectivity index (χ2v) is 4.13. The van der Waals surface area contributed by atoms with E-state index in [2.05, 4.69) is 13.5 Å². The summed E-state index contributed by atoms with van der Waals surface area (Å²) in [6.07, 6.45) is 9.10. The predicted molar refractivity (Wildman–Crippen MR) is 70.1 cm³/mol. The number of hydrogen-bond acceptors (Lipinski definition) is 3. The van der Waals surface area contributed by atoms with Crippen molar-refractivity contribution < 1.29 is 14.3 Å². The van der Waals surface area contributed by atoms with Gasteiger partial charge in [-0.2, -0.15) is 0 Å². The smallest absolute Gasteiger partial charge is 0.435 e. The summed E-state index contributed by atoms with van der Waals surface area (Å²) in [5.41, 5.74) is 0. The van der Waals surface area contributed by atoms with Gasteiger partial charge in [0.2, 0.25) is 0 Å². The summed E-state index contributed by atoms with van der Waals surface area (Å²) in [5, 5.41) is 0. The van der Waals surface area contributed by atoms with Gasteiger partial charge in [0.05, 0.1) is 6.61 Å². The van der Waals surface area contributed by atoms with Crippen molar-refractivity contribution in [1.82, 2.24) is 0 Å². The summed E-state index contributed by atoms with van der Waals surface area (Å²) in [4.78, 5) is 11.1. The lowest BCUT2D eigenvalue weighted by molar-refractivity contribution is 0.0377. The molecule has 0 aliphatic carbocycles. The molecule has 0 rings (SSSR count). The molecule has 3 heteroatoms. The molecule has 0 heterocycles. The van der Waals surface area contributed by atoms with E-state index < -0.39 is 6.16 Å². The molecule has 0 saturated heterocycles. The van der Waals surface area contributed by atoms with E-state index in [0.717, 1.165) is 12.8 Å². The lowest BCUT2D eigenvalue weighted by Gasteiger charge is -2.13. The highest BCUT2D eigenvalue weighted by Gasteiger charge is 2.10. The molecule has 100 valence electrons. The first-order valence-electron chi connectivity index (χ1n) is 6.70. The zero-order valence-corrected chi connectivity index (χ0v) is 11.2. The van der Waals surface area contributed by atoms with Gasteiger partial charge in [-0.15, -0.1) is 0 Å². The summed E-state index contributed by atoms with van der Waals surface area (Å²) in [6, 6.07) is 0. The van der Waals surface area contributed by atoms with Gasteiger partial charge in [0.1, 0.15) is 6.10 Å². The van der Waals surface area contributed by atoms with Gasteiger partial charge in [0.15, 0.2) is 0 Å². The van der Waals surface area contributed by atoms with Crippen LogP contribution in [0.25, 0.3) is 0 Å². The third kappa shape index (κ3) is 9.91. The van der Waals surface area contributed by atoms with Gasteiger partial charge in [-0.25, -0.2) is 4.79 Å². The zero-order chi connectivity index (χ0) is 12.9. The van der Waals surface area contributed by atoms with Crippen LogP contribution < -0.4 is 0 Å². The van der Waals surface area contributed by atoms with Crippen LogP contribution >= 0.6 is 0 Å². The Kier molecular flexibility index (Phi) is 10.8.